The summed E-state index contributed by atoms with van der Waals surface area (Å²) in [5, 5.41) is 9.27. The Morgan fingerprint density at radius 2 is 1.10 bits per heavy atom. The van der Waals surface area contributed by atoms with Crippen LogP contribution in [0.4, 0.5) is 0 Å². The first-order valence-corrected chi connectivity index (χ1v) is 18.2. The lowest BCUT2D eigenvalue weighted by Gasteiger charge is -2.24. The fourth-order valence-electron chi connectivity index (χ4n) is 8.59. The van der Waals surface area contributed by atoms with Gasteiger partial charge in [-0.3, -0.25) is 0 Å². The first kappa shape index (κ1) is 29.2. The second-order valence-electron chi connectivity index (χ2n) is 13.5. The highest BCUT2D eigenvalue weighted by molar-refractivity contribution is 7.19. The lowest BCUT2D eigenvalue weighted by Crippen LogP contribution is -2.15. The van der Waals surface area contributed by atoms with Gasteiger partial charge in [-0.15, -0.1) is 11.3 Å². The van der Waals surface area contributed by atoms with Gasteiger partial charge in [0.05, 0.1) is 0 Å². The minimum atomic E-state index is -0.0835. The zero-order chi connectivity index (χ0) is 32.6. The summed E-state index contributed by atoms with van der Waals surface area (Å²) in [6.45, 7) is 8.79. The molecular weight excluding hydrogens is 597 g/mol. The van der Waals surface area contributed by atoms with Crippen LogP contribution in [0.3, 0.4) is 0 Å². The molecule has 10 rings (SSSR count). The number of benzene rings is 7. The Hall–Kier alpha value is -4.98. The molecule has 1 heteroatoms. The zero-order valence-corrected chi connectivity index (χ0v) is 28.8. The number of rotatable bonds is 2. The van der Waals surface area contributed by atoms with Gasteiger partial charge < -0.3 is 0 Å². The Morgan fingerprint density at radius 3 is 1.79 bits per heavy atom. The molecule has 232 valence electrons. The molecule has 0 atom stereocenters. The van der Waals surface area contributed by atoms with Gasteiger partial charge in [-0.2, -0.15) is 0 Å². The van der Waals surface area contributed by atoms with Crippen molar-refractivity contribution in [2.75, 3.05) is 0 Å². The molecule has 48 heavy (non-hydrogen) atoms. The highest BCUT2D eigenvalue weighted by Crippen LogP contribution is 2.55. The summed E-state index contributed by atoms with van der Waals surface area (Å²) in [6, 6.07) is 46.0. The van der Waals surface area contributed by atoms with Gasteiger partial charge in [0.1, 0.15) is 0 Å². The minimum absolute atomic E-state index is 0.0835. The molecule has 0 saturated carbocycles. The van der Waals surface area contributed by atoms with Crippen molar-refractivity contribution in [1.29, 1.82) is 0 Å². The lowest BCUT2D eigenvalue weighted by atomic mass is 9.79. The van der Waals surface area contributed by atoms with E-state index in [-0.39, 0.29) is 5.41 Å². The molecule has 1 heterocycles. The molecule has 0 N–H and O–H groups in total. The molecule has 8 aromatic rings. The molecule has 0 unspecified atom stereocenters. The van der Waals surface area contributed by atoms with Crippen LogP contribution in [0.15, 0.2) is 127 Å². The summed E-state index contributed by atoms with van der Waals surface area (Å²) in [4.78, 5) is 1.52. The van der Waals surface area contributed by atoms with Gasteiger partial charge in [-0.25, -0.2) is 0 Å². The van der Waals surface area contributed by atoms with Crippen molar-refractivity contribution in [2.24, 2.45) is 0 Å². The van der Waals surface area contributed by atoms with Gasteiger partial charge in [0.25, 0.3) is 0 Å². The number of hydrogen-bond donors (Lipinski definition) is 0. The van der Waals surface area contributed by atoms with E-state index in [0.717, 1.165) is 12.8 Å². The fraction of sp³-hybridized carbons (Fsp3) is 0.149. The van der Waals surface area contributed by atoms with Gasteiger partial charge in [-0.05, 0) is 113 Å². The van der Waals surface area contributed by atoms with E-state index in [0.29, 0.717) is 0 Å². The summed E-state index contributed by atoms with van der Waals surface area (Å²) >= 11 is 1.97. The third-order valence-electron chi connectivity index (χ3n) is 10.7. The van der Waals surface area contributed by atoms with Crippen molar-refractivity contribution in [2.45, 2.75) is 46.0 Å². The van der Waals surface area contributed by atoms with Crippen LogP contribution in [0.1, 0.15) is 55.7 Å². The maximum atomic E-state index is 2.53. The van der Waals surface area contributed by atoms with Crippen molar-refractivity contribution in [3.63, 3.8) is 0 Å². The van der Waals surface area contributed by atoms with Crippen LogP contribution in [0.2, 0.25) is 0 Å². The Kier molecular flexibility index (Phi) is 6.71. The molecule has 2 aliphatic carbocycles. The standard InChI is InChI=1S/C45H32S.C2H6/c1-45(2)38-21-11-9-20-35(38)44-30-15-4-3-13-28(30)37(26-39(44)45)43-33-18-7-5-16-31(33)42(32-17-6-8-19-34(32)43)27-23-24-41-36(25-27)29-14-10-12-22-40(29)46-41;1-2/h3-11,13-21,23-26H,12,22H2,1-2H3;1-2H3. The summed E-state index contributed by atoms with van der Waals surface area (Å²) in [5.41, 5.74) is 12.2. The fourth-order valence-corrected chi connectivity index (χ4v) is 9.78. The molecule has 1 aromatic heterocycles. The van der Waals surface area contributed by atoms with Crippen molar-refractivity contribution >= 4 is 59.8 Å². The summed E-state index contributed by atoms with van der Waals surface area (Å²) in [6.07, 6.45) is 6.97. The molecule has 0 spiro atoms. The quantitative estimate of drug-likeness (QED) is 0.166. The van der Waals surface area contributed by atoms with Crippen molar-refractivity contribution < 1.29 is 0 Å². The summed E-state index contributed by atoms with van der Waals surface area (Å²) in [7, 11) is 0. The van der Waals surface area contributed by atoms with E-state index < -0.39 is 0 Å². The molecule has 0 nitrogen and oxygen atoms in total. The zero-order valence-electron chi connectivity index (χ0n) is 28.0. The van der Waals surface area contributed by atoms with Gasteiger partial charge >= 0.3 is 0 Å². The van der Waals surface area contributed by atoms with Crippen molar-refractivity contribution in [3.8, 4) is 33.4 Å². The van der Waals surface area contributed by atoms with E-state index in [1.165, 1.54) is 97.4 Å². The number of thiophene rings is 1. The van der Waals surface area contributed by atoms with Gasteiger partial charge in [0.15, 0.2) is 0 Å². The van der Waals surface area contributed by atoms with Gasteiger partial charge in [0.2, 0.25) is 0 Å². The van der Waals surface area contributed by atoms with Crippen molar-refractivity contribution in [3.05, 3.63) is 149 Å². The van der Waals surface area contributed by atoms with E-state index in [2.05, 4.69) is 147 Å². The third-order valence-corrected chi connectivity index (χ3v) is 11.9. The lowest BCUT2D eigenvalue weighted by molar-refractivity contribution is 0.661. The molecule has 0 aliphatic heterocycles. The SMILES string of the molecule is CC.CC1(C)c2ccccc2-c2c1cc(-c1c3ccccc3c(-c3ccc4sc5c(c4c3)C=CCC5)c3ccccc13)c1ccccc21. The van der Waals surface area contributed by atoms with E-state index in [4.69, 9.17) is 0 Å². The van der Waals surface area contributed by atoms with E-state index >= 15 is 0 Å². The molecule has 2 aliphatic rings. The number of allylic oxidation sites excluding steroid dienone is 1. The third kappa shape index (κ3) is 4.07. The van der Waals surface area contributed by atoms with Gasteiger partial charge in [-0.1, -0.05) is 143 Å². The minimum Gasteiger partial charge on any atom is -0.140 e. The predicted octanol–water partition coefficient (Wildman–Crippen LogP) is 14.0. The Balaban J connectivity index is 0.00000154. The Labute approximate surface area is 287 Å². The van der Waals surface area contributed by atoms with Crippen molar-refractivity contribution in [1.82, 2.24) is 0 Å². The van der Waals surface area contributed by atoms with Crippen LogP contribution in [-0.2, 0) is 11.8 Å². The Bertz CT molecular complexity index is 2550. The molecule has 0 fully saturated rings. The molecule has 7 aromatic carbocycles. The van der Waals surface area contributed by atoms with E-state index in [1.54, 1.807) is 0 Å². The molecular formula is C47H38S. The van der Waals surface area contributed by atoms with E-state index in [1.807, 2.05) is 25.2 Å². The highest BCUT2D eigenvalue weighted by atomic mass is 32.1. The second kappa shape index (κ2) is 11.0. The second-order valence-corrected chi connectivity index (χ2v) is 14.6. The molecule has 0 saturated heterocycles. The average molecular weight is 635 g/mol. The van der Waals surface area contributed by atoms with E-state index in [9.17, 15) is 0 Å². The molecule has 0 radical (unpaired) electrons. The maximum Gasteiger partial charge on any atom is 0.0352 e. The Morgan fingerprint density at radius 1 is 0.521 bits per heavy atom. The average Bonchev–Trinajstić information content (AvgIpc) is 3.62. The van der Waals surface area contributed by atoms with Crippen LogP contribution in [0.25, 0.3) is 81.9 Å². The molecule has 0 amide bonds. The summed E-state index contributed by atoms with van der Waals surface area (Å²) in [5.74, 6) is 0. The maximum absolute atomic E-state index is 2.53. The largest absolute Gasteiger partial charge is 0.140 e. The first-order chi connectivity index (χ1) is 23.6. The van der Waals surface area contributed by atoms with Crippen LogP contribution >= 0.6 is 11.3 Å². The monoisotopic (exact) mass is 634 g/mol. The van der Waals surface area contributed by atoms with Crippen LogP contribution < -0.4 is 0 Å². The van der Waals surface area contributed by atoms with Crippen LogP contribution in [-0.4, -0.2) is 0 Å². The van der Waals surface area contributed by atoms with Crippen LogP contribution in [0, 0.1) is 0 Å². The van der Waals surface area contributed by atoms with Crippen LogP contribution in [0.5, 0.6) is 0 Å². The smallest absolute Gasteiger partial charge is 0.0352 e. The number of aryl methyl sites for hydroxylation is 1. The normalized spacial score (nSPS) is 14.2. The van der Waals surface area contributed by atoms with Gasteiger partial charge in [0, 0.05) is 20.4 Å². The number of hydrogen-bond acceptors (Lipinski definition) is 1. The topological polar surface area (TPSA) is 0 Å². The number of fused-ring (bicyclic) bond motifs is 10. The first-order valence-electron chi connectivity index (χ1n) is 17.4. The molecule has 0 bridgehead atoms. The summed E-state index contributed by atoms with van der Waals surface area (Å²) < 4.78 is 1.39. The highest BCUT2D eigenvalue weighted by Gasteiger charge is 2.37. The predicted molar refractivity (Wildman–Crippen MR) is 211 cm³/mol.